The predicted molar refractivity (Wildman–Crippen MR) is 95.6 cm³/mol. The monoisotopic (exact) mass is 318 g/mol. The number of anilines is 1. The number of nitrogens with zero attached hydrogens (tertiary/aromatic N) is 1. The van der Waals surface area contributed by atoms with Crippen molar-refractivity contribution >= 4 is 22.4 Å². The average Bonchev–Trinajstić information content (AvgIpc) is 2.60. The lowest BCUT2D eigenvalue weighted by Crippen LogP contribution is -2.40. The second kappa shape index (κ2) is 5.64. The van der Waals surface area contributed by atoms with E-state index in [1.807, 2.05) is 36.4 Å². The molecule has 3 aromatic rings. The van der Waals surface area contributed by atoms with E-state index in [1.54, 1.807) is 17.0 Å². The van der Waals surface area contributed by atoms with Gasteiger partial charge in [0.2, 0.25) is 0 Å². The summed E-state index contributed by atoms with van der Waals surface area (Å²) in [6.45, 7) is 2.80. The maximum absolute atomic E-state index is 13.1. The third kappa shape index (κ3) is 2.40. The van der Waals surface area contributed by atoms with Crippen molar-refractivity contribution in [1.29, 1.82) is 0 Å². The number of aromatic nitrogens is 1. The van der Waals surface area contributed by atoms with Crippen LogP contribution in [0.1, 0.15) is 23.0 Å². The molecule has 4 rings (SSSR count). The van der Waals surface area contributed by atoms with E-state index in [4.69, 9.17) is 0 Å². The van der Waals surface area contributed by atoms with Gasteiger partial charge in [-0.15, -0.1) is 0 Å². The van der Waals surface area contributed by atoms with Gasteiger partial charge in [0.1, 0.15) is 5.69 Å². The molecule has 1 atom stereocenters. The number of rotatable bonds is 1. The molecule has 1 N–H and O–H groups in total. The van der Waals surface area contributed by atoms with Crippen LogP contribution in [0.2, 0.25) is 0 Å². The number of fused-ring (bicyclic) bond motifs is 2. The minimum Gasteiger partial charge on any atom is -0.317 e. The van der Waals surface area contributed by atoms with Gasteiger partial charge in [-0.3, -0.25) is 9.59 Å². The lowest BCUT2D eigenvalue weighted by Gasteiger charge is -2.33. The lowest BCUT2D eigenvalue weighted by molar-refractivity contribution is 0.0976. The molecule has 1 aromatic heterocycles. The summed E-state index contributed by atoms with van der Waals surface area (Å²) in [6, 6.07) is 17.0. The SMILES string of the molecule is CC1Cc2ccccc2N(C(=O)c2cc3ccccc3c(=O)[nH]2)C1. The number of carbonyl (C=O) groups excluding carboxylic acids is 1. The number of H-pyrrole nitrogens is 1. The van der Waals surface area contributed by atoms with Gasteiger partial charge in [0, 0.05) is 17.6 Å². The topological polar surface area (TPSA) is 53.2 Å². The van der Waals surface area contributed by atoms with Gasteiger partial charge in [0.05, 0.1) is 0 Å². The molecule has 0 fully saturated rings. The van der Waals surface area contributed by atoms with Crippen LogP contribution in [0, 0.1) is 5.92 Å². The molecule has 1 amide bonds. The molecule has 1 aliphatic heterocycles. The highest BCUT2D eigenvalue weighted by Gasteiger charge is 2.27. The normalized spacial score (nSPS) is 16.9. The second-order valence-electron chi connectivity index (χ2n) is 6.45. The smallest absolute Gasteiger partial charge is 0.274 e. The van der Waals surface area contributed by atoms with E-state index < -0.39 is 0 Å². The molecular weight excluding hydrogens is 300 g/mol. The number of benzene rings is 2. The average molecular weight is 318 g/mol. The van der Waals surface area contributed by atoms with Crippen LogP contribution in [0.4, 0.5) is 5.69 Å². The molecule has 0 aliphatic carbocycles. The highest BCUT2D eigenvalue weighted by atomic mass is 16.2. The highest BCUT2D eigenvalue weighted by molar-refractivity contribution is 6.07. The standard InChI is InChI=1S/C20H18N2O2/c1-13-10-15-7-3-5-9-18(15)22(12-13)20(24)17-11-14-6-2-4-8-16(14)19(23)21-17/h2-9,11,13H,10,12H2,1H3,(H,21,23). The van der Waals surface area contributed by atoms with Crippen LogP contribution >= 0.6 is 0 Å². The van der Waals surface area contributed by atoms with E-state index in [0.717, 1.165) is 17.5 Å². The molecular formula is C20H18N2O2. The number of aromatic amines is 1. The zero-order valence-corrected chi connectivity index (χ0v) is 13.5. The van der Waals surface area contributed by atoms with Gasteiger partial charge in [-0.05, 0) is 41.5 Å². The Morgan fingerprint density at radius 1 is 1.12 bits per heavy atom. The lowest BCUT2D eigenvalue weighted by atomic mass is 9.93. The van der Waals surface area contributed by atoms with Crippen LogP contribution in [0.5, 0.6) is 0 Å². The summed E-state index contributed by atoms with van der Waals surface area (Å²) >= 11 is 0. The Morgan fingerprint density at radius 2 is 1.88 bits per heavy atom. The van der Waals surface area contributed by atoms with E-state index in [-0.39, 0.29) is 11.5 Å². The fourth-order valence-corrected chi connectivity index (χ4v) is 3.46. The molecule has 0 saturated heterocycles. The maximum Gasteiger partial charge on any atom is 0.274 e. The third-order valence-electron chi connectivity index (χ3n) is 4.57. The Hall–Kier alpha value is -2.88. The molecule has 1 unspecified atom stereocenters. The number of amides is 1. The molecule has 120 valence electrons. The minimum absolute atomic E-state index is 0.156. The first-order chi connectivity index (χ1) is 11.6. The second-order valence-corrected chi connectivity index (χ2v) is 6.45. The highest BCUT2D eigenvalue weighted by Crippen LogP contribution is 2.30. The van der Waals surface area contributed by atoms with Crippen molar-refractivity contribution in [2.24, 2.45) is 5.92 Å². The molecule has 4 nitrogen and oxygen atoms in total. The summed E-state index contributed by atoms with van der Waals surface area (Å²) in [4.78, 5) is 29.9. The Balaban J connectivity index is 1.81. The van der Waals surface area contributed by atoms with Gasteiger partial charge < -0.3 is 9.88 Å². The zero-order valence-electron chi connectivity index (χ0n) is 13.5. The van der Waals surface area contributed by atoms with Crippen molar-refractivity contribution in [2.75, 3.05) is 11.4 Å². The quantitative estimate of drug-likeness (QED) is 0.748. The van der Waals surface area contributed by atoms with Crippen molar-refractivity contribution < 1.29 is 4.79 Å². The van der Waals surface area contributed by atoms with Gasteiger partial charge in [0.15, 0.2) is 0 Å². The predicted octanol–water partition coefficient (Wildman–Crippen LogP) is 3.37. The largest absolute Gasteiger partial charge is 0.317 e. The van der Waals surface area contributed by atoms with E-state index >= 15 is 0 Å². The van der Waals surface area contributed by atoms with Crippen molar-refractivity contribution in [3.05, 3.63) is 76.2 Å². The molecule has 0 spiro atoms. The van der Waals surface area contributed by atoms with E-state index in [9.17, 15) is 9.59 Å². The molecule has 0 saturated carbocycles. The van der Waals surface area contributed by atoms with Crippen LogP contribution in [-0.2, 0) is 6.42 Å². The summed E-state index contributed by atoms with van der Waals surface area (Å²) in [7, 11) is 0. The first-order valence-corrected chi connectivity index (χ1v) is 8.15. The Labute approximate surface area is 139 Å². The summed E-state index contributed by atoms with van der Waals surface area (Å²) in [5.41, 5.74) is 2.22. The third-order valence-corrected chi connectivity index (χ3v) is 4.57. The van der Waals surface area contributed by atoms with Crippen LogP contribution in [0.3, 0.4) is 0 Å². The number of nitrogens with one attached hydrogen (secondary N) is 1. The van der Waals surface area contributed by atoms with E-state index in [1.165, 1.54) is 5.56 Å². The van der Waals surface area contributed by atoms with Crippen LogP contribution < -0.4 is 10.5 Å². The van der Waals surface area contributed by atoms with Gasteiger partial charge in [0.25, 0.3) is 11.5 Å². The van der Waals surface area contributed by atoms with Crippen LogP contribution in [0.25, 0.3) is 10.8 Å². The van der Waals surface area contributed by atoms with Crippen LogP contribution in [0.15, 0.2) is 59.4 Å². The summed E-state index contributed by atoms with van der Waals surface area (Å²) in [6.07, 6.45) is 0.966. The van der Waals surface area contributed by atoms with Crippen LogP contribution in [-0.4, -0.2) is 17.4 Å². The van der Waals surface area contributed by atoms with Crippen molar-refractivity contribution in [1.82, 2.24) is 4.98 Å². The van der Waals surface area contributed by atoms with Crippen molar-refractivity contribution in [3.63, 3.8) is 0 Å². The first-order valence-electron chi connectivity index (χ1n) is 8.15. The number of hydrogen-bond donors (Lipinski definition) is 1. The number of pyridine rings is 1. The Kier molecular flexibility index (Phi) is 3.45. The minimum atomic E-state index is -0.227. The Bertz CT molecular complexity index is 990. The van der Waals surface area contributed by atoms with E-state index in [0.29, 0.717) is 23.5 Å². The van der Waals surface area contributed by atoms with E-state index in [2.05, 4.69) is 18.0 Å². The molecule has 4 heteroatoms. The van der Waals surface area contributed by atoms with Gasteiger partial charge >= 0.3 is 0 Å². The molecule has 2 aromatic carbocycles. The number of hydrogen-bond acceptors (Lipinski definition) is 2. The Morgan fingerprint density at radius 3 is 2.75 bits per heavy atom. The fourth-order valence-electron chi connectivity index (χ4n) is 3.46. The first kappa shape index (κ1) is 14.7. The molecule has 0 bridgehead atoms. The number of carbonyl (C=O) groups is 1. The molecule has 0 radical (unpaired) electrons. The molecule has 1 aliphatic rings. The fraction of sp³-hybridized carbons (Fsp3) is 0.200. The molecule has 2 heterocycles. The summed E-state index contributed by atoms with van der Waals surface area (Å²) in [5.74, 6) is 0.230. The van der Waals surface area contributed by atoms with Gasteiger partial charge in [-0.1, -0.05) is 43.3 Å². The van der Waals surface area contributed by atoms with Crippen molar-refractivity contribution in [3.8, 4) is 0 Å². The molecule has 24 heavy (non-hydrogen) atoms. The summed E-state index contributed by atoms with van der Waals surface area (Å²) < 4.78 is 0. The van der Waals surface area contributed by atoms with Gasteiger partial charge in [-0.25, -0.2) is 0 Å². The maximum atomic E-state index is 13.1. The number of para-hydroxylation sites is 1. The van der Waals surface area contributed by atoms with Gasteiger partial charge in [-0.2, -0.15) is 0 Å². The zero-order chi connectivity index (χ0) is 16.7. The summed E-state index contributed by atoms with van der Waals surface area (Å²) in [5, 5.41) is 1.38. The van der Waals surface area contributed by atoms with Crippen molar-refractivity contribution in [2.45, 2.75) is 13.3 Å².